The van der Waals surface area contributed by atoms with Crippen molar-refractivity contribution in [1.29, 1.82) is 0 Å². The van der Waals surface area contributed by atoms with Gasteiger partial charge in [-0.2, -0.15) is 0 Å². The van der Waals surface area contributed by atoms with Crippen molar-refractivity contribution in [2.75, 3.05) is 18.0 Å². The summed E-state index contributed by atoms with van der Waals surface area (Å²) in [5, 5.41) is 12.2. The van der Waals surface area contributed by atoms with Gasteiger partial charge in [-0.1, -0.05) is 16.8 Å². The molecule has 1 saturated heterocycles. The number of rotatable bonds is 2. The Morgan fingerprint density at radius 1 is 1.24 bits per heavy atom. The third kappa shape index (κ3) is 3.47. The Morgan fingerprint density at radius 3 is 2.33 bits per heavy atom. The van der Waals surface area contributed by atoms with E-state index in [1.807, 2.05) is 25.1 Å². The lowest BCUT2D eigenvalue weighted by Crippen LogP contribution is -2.57. The molecule has 0 aliphatic carbocycles. The molecule has 0 amide bonds. The van der Waals surface area contributed by atoms with Crippen LogP contribution in [0.4, 0.5) is 5.69 Å². The Bertz CT molecular complexity index is 549. The molecule has 0 spiro atoms. The van der Waals surface area contributed by atoms with Gasteiger partial charge in [0.25, 0.3) is 0 Å². The summed E-state index contributed by atoms with van der Waals surface area (Å²) in [7, 11) is 0. The highest BCUT2D eigenvalue weighted by Gasteiger charge is 2.38. The standard InChI is InChI=1S/C16H25N3O2/c1-11-6-7-13(12(8-11)14(17)18-20)19-9-15(2,3)21-16(4,5)10-19/h6-8,20H,9-10H2,1-5H3,(H2,17,18). The third-order valence-corrected chi connectivity index (χ3v) is 3.57. The molecule has 1 aliphatic rings. The molecule has 0 aromatic heterocycles. The predicted molar refractivity (Wildman–Crippen MR) is 85.1 cm³/mol. The molecule has 1 aromatic carbocycles. The van der Waals surface area contributed by atoms with Gasteiger partial charge in [-0.3, -0.25) is 0 Å². The van der Waals surface area contributed by atoms with Crippen molar-refractivity contribution in [3.63, 3.8) is 0 Å². The number of hydrogen-bond donors (Lipinski definition) is 2. The van der Waals surface area contributed by atoms with Gasteiger partial charge in [-0.15, -0.1) is 0 Å². The second kappa shape index (κ2) is 5.22. The summed E-state index contributed by atoms with van der Waals surface area (Å²) in [6.45, 7) is 11.8. The maximum Gasteiger partial charge on any atom is 0.172 e. The maximum absolute atomic E-state index is 9.03. The van der Waals surface area contributed by atoms with E-state index in [1.54, 1.807) is 0 Å². The first-order chi connectivity index (χ1) is 9.63. The van der Waals surface area contributed by atoms with Gasteiger partial charge in [-0.05, 0) is 46.8 Å². The Morgan fingerprint density at radius 2 is 1.81 bits per heavy atom. The van der Waals surface area contributed by atoms with Crippen molar-refractivity contribution in [3.8, 4) is 0 Å². The number of nitrogens with zero attached hydrogens (tertiary/aromatic N) is 2. The second-order valence-corrected chi connectivity index (χ2v) is 6.98. The van der Waals surface area contributed by atoms with Crippen LogP contribution < -0.4 is 10.6 Å². The SMILES string of the molecule is Cc1ccc(N2CC(C)(C)OC(C)(C)C2)c(/C(N)=N/O)c1. The summed E-state index contributed by atoms with van der Waals surface area (Å²) in [5.41, 5.74) is 8.14. The van der Waals surface area contributed by atoms with Crippen LogP contribution in [-0.2, 0) is 4.74 Å². The third-order valence-electron chi connectivity index (χ3n) is 3.57. The maximum atomic E-state index is 9.03. The number of aryl methyl sites for hydroxylation is 1. The van der Waals surface area contributed by atoms with Crippen molar-refractivity contribution in [1.82, 2.24) is 0 Å². The summed E-state index contributed by atoms with van der Waals surface area (Å²) >= 11 is 0. The topological polar surface area (TPSA) is 71.1 Å². The average Bonchev–Trinajstić information content (AvgIpc) is 2.33. The van der Waals surface area contributed by atoms with Gasteiger partial charge in [0.15, 0.2) is 5.84 Å². The molecule has 21 heavy (non-hydrogen) atoms. The van der Waals surface area contributed by atoms with Crippen molar-refractivity contribution >= 4 is 11.5 Å². The van der Waals surface area contributed by atoms with E-state index in [4.69, 9.17) is 15.7 Å². The highest BCUT2D eigenvalue weighted by Crippen LogP contribution is 2.33. The van der Waals surface area contributed by atoms with Crippen LogP contribution in [0.15, 0.2) is 23.4 Å². The Kier molecular flexibility index (Phi) is 3.89. The smallest absolute Gasteiger partial charge is 0.172 e. The second-order valence-electron chi connectivity index (χ2n) is 6.98. The number of benzene rings is 1. The van der Waals surface area contributed by atoms with Gasteiger partial charge >= 0.3 is 0 Å². The predicted octanol–water partition coefficient (Wildman–Crippen LogP) is 2.48. The van der Waals surface area contributed by atoms with E-state index in [2.05, 4.69) is 37.8 Å². The van der Waals surface area contributed by atoms with Crippen LogP contribution >= 0.6 is 0 Å². The van der Waals surface area contributed by atoms with E-state index in [9.17, 15) is 0 Å². The lowest BCUT2D eigenvalue weighted by atomic mass is 9.97. The summed E-state index contributed by atoms with van der Waals surface area (Å²) < 4.78 is 6.11. The minimum Gasteiger partial charge on any atom is -0.409 e. The number of anilines is 1. The average molecular weight is 291 g/mol. The molecule has 5 nitrogen and oxygen atoms in total. The molecule has 0 saturated carbocycles. The van der Waals surface area contributed by atoms with Gasteiger partial charge < -0.3 is 20.6 Å². The molecule has 0 bridgehead atoms. The van der Waals surface area contributed by atoms with Crippen molar-refractivity contribution in [3.05, 3.63) is 29.3 Å². The van der Waals surface area contributed by atoms with Crippen LogP contribution in [0.25, 0.3) is 0 Å². The van der Waals surface area contributed by atoms with Crippen LogP contribution in [0.1, 0.15) is 38.8 Å². The molecule has 2 rings (SSSR count). The van der Waals surface area contributed by atoms with Crippen LogP contribution in [-0.4, -0.2) is 35.3 Å². The van der Waals surface area contributed by atoms with E-state index in [1.165, 1.54) is 0 Å². The minimum absolute atomic E-state index is 0.135. The number of morpholine rings is 1. The molecular weight excluding hydrogens is 266 g/mol. The molecular formula is C16H25N3O2. The van der Waals surface area contributed by atoms with E-state index < -0.39 is 0 Å². The first-order valence-corrected chi connectivity index (χ1v) is 7.17. The van der Waals surface area contributed by atoms with Crippen LogP contribution in [0.5, 0.6) is 0 Å². The molecule has 1 aliphatic heterocycles. The Hall–Kier alpha value is -1.75. The number of hydrogen-bond acceptors (Lipinski definition) is 4. The molecule has 1 fully saturated rings. The highest BCUT2D eigenvalue weighted by atomic mass is 16.5. The molecule has 1 aromatic rings. The molecule has 0 unspecified atom stereocenters. The zero-order valence-corrected chi connectivity index (χ0v) is 13.5. The quantitative estimate of drug-likeness (QED) is 0.380. The zero-order chi connectivity index (χ0) is 15.8. The van der Waals surface area contributed by atoms with Crippen LogP contribution in [0, 0.1) is 6.92 Å². The van der Waals surface area contributed by atoms with E-state index >= 15 is 0 Å². The lowest BCUT2D eigenvalue weighted by Gasteiger charge is -2.48. The summed E-state index contributed by atoms with van der Waals surface area (Å²) in [5.74, 6) is 0.135. The highest BCUT2D eigenvalue weighted by molar-refractivity contribution is 6.02. The monoisotopic (exact) mass is 291 g/mol. The summed E-state index contributed by atoms with van der Waals surface area (Å²) in [4.78, 5) is 2.25. The fourth-order valence-electron chi connectivity index (χ4n) is 3.14. The lowest BCUT2D eigenvalue weighted by molar-refractivity contribution is -0.133. The fourth-order valence-corrected chi connectivity index (χ4v) is 3.14. The minimum atomic E-state index is -0.255. The van der Waals surface area contributed by atoms with Crippen molar-refractivity contribution in [2.24, 2.45) is 10.9 Å². The number of nitrogens with two attached hydrogens (primary N) is 1. The first kappa shape index (κ1) is 15.6. The van der Waals surface area contributed by atoms with E-state index in [0.29, 0.717) is 0 Å². The first-order valence-electron chi connectivity index (χ1n) is 7.17. The fraction of sp³-hybridized carbons (Fsp3) is 0.562. The summed E-state index contributed by atoms with van der Waals surface area (Å²) in [6.07, 6.45) is 0. The molecule has 1 heterocycles. The molecule has 0 radical (unpaired) electrons. The number of amidine groups is 1. The van der Waals surface area contributed by atoms with E-state index in [-0.39, 0.29) is 17.0 Å². The van der Waals surface area contributed by atoms with Crippen LogP contribution in [0.2, 0.25) is 0 Å². The van der Waals surface area contributed by atoms with Gasteiger partial charge in [-0.25, -0.2) is 0 Å². The molecule has 116 valence electrons. The van der Waals surface area contributed by atoms with Gasteiger partial charge in [0, 0.05) is 24.3 Å². The van der Waals surface area contributed by atoms with Gasteiger partial charge in [0.1, 0.15) is 0 Å². The largest absolute Gasteiger partial charge is 0.409 e. The number of oxime groups is 1. The zero-order valence-electron chi connectivity index (χ0n) is 13.5. The Balaban J connectivity index is 2.46. The molecule has 0 atom stereocenters. The van der Waals surface area contributed by atoms with Crippen molar-refractivity contribution in [2.45, 2.75) is 45.8 Å². The van der Waals surface area contributed by atoms with Gasteiger partial charge in [0.2, 0.25) is 0 Å². The summed E-state index contributed by atoms with van der Waals surface area (Å²) in [6, 6.07) is 6.01. The molecule has 3 N–H and O–H groups in total. The van der Waals surface area contributed by atoms with Crippen LogP contribution in [0.3, 0.4) is 0 Å². The van der Waals surface area contributed by atoms with Crippen molar-refractivity contribution < 1.29 is 9.94 Å². The number of ether oxygens (including phenoxy) is 1. The van der Waals surface area contributed by atoms with E-state index in [0.717, 1.165) is 29.9 Å². The molecule has 5 heteroatoms. The normalized spacial score (nSPS) is 21.4. The van der Waals surface area contributed by atoms with Gasteiger partial charge in [0.05, 0.1) is 11.2 Å². The Labute approximate surface area is 126 Å².